The van der Waals surface area contributed by atoms with E-state index < -0.39 is 0 Å². The molecule has 0 saturated carbocycles. The molecule has 0 N–H and O–H groups in total. The van der Waals surface area contributed by atoms with Gasteiger partial charge in [-0.1, -0.05) is 48.5 Å². The van der Waals surface area contributed by atoms with Crippen LogP contribution >= 0.6 is 0 Å². The van der Waals surface area contributed by atoms with E-state index in [-0.39, 0.29) is 0 Å². The largest absolute Gasteiger partial charge is 0.309 e. The second kappa shape index (κ2) is 6.28. The summed E-state index contributed by atoms with van der Waals surface area (Å²) in [5.41, 5.74) is 21.0. The topological polar surface area (TPSA) is 16.1 Å². The average molecular weight is 447 g/mol. The number of pyridine rings is 1. The maximum Gasteiger partial charge on any atom is 0.0563 e. The van der Waals surface area contributed by atoms with Crippen molar-refractivity contribution in [3.63, 3.8) is 0 Å². The number of fused-ring (bicyclic) bond motifs is 10. The molecule has 4 aliphatic rings. The van der Waals surface area contributed by atoms with Crippen LogP contribution in [0.15, 0.2) is 85.2 Å². The molecule has 2 aliphatic carbocycles. The van der Waals surface area contributed by atoms with Crippen molar-refractivity contribution in [3.05, 3.63) is 130 Å². The summed E-state index contributed by atoms with van der Waals surface area (Å²) in [6.45, 7) is 0. The second-order valence-corrected chi connectivity index (χ2v) is 10.4. The Labute approximate surface area is 204 Å². The van der Waals surface area contributed by atoms with Gasteiger partial charge < -0.3 is 4.90 Å². The Kier molecular flexibility index (Phi) is 3.27. The summed E-state index contributed by atoms with van der Waals surface area (Å²) in [5.74, 6) is 0. The molecule has 0 atom stereocenters. The first-order chi connectivity index (χ1) is 17.3. The highest BCUT2D eigenvalue weighted by Crippen LogP contribution is 2.53. The first kappa shape index (κ1) is 18.2. The van der Waals surface area contributed by atoms with Crippen LogP contribution in [0, 0.1) is 0 Å². The molecule has 0 spiro atoms. The molecule has 0 fully saturated rings. The van der Waals surface area contributed by atoms with Gasteiger partial charge in [-0.3, -0.25) is 4.98 Å². The zero-order valence-electron chi connectivity index (χ0n) is 19.3. The van der Waals surface area contributed by atoms with E-state index in [0.29, 0.717) is 0 Å². The molecule has 9 rings (SSSR count). The second-order valence-electron chi connectivity index (χ2n) is 10.4. The van der Waals surface area contributed by atoms with Crippen LogP contribution in [-0.4, -0.2) is 4.98 Å². The lowest BCUT2D eigenvalue weighted by atomic mass is 9.86. The van der Waals surface area contributed by atoms with Gasteiger partial charge in [-0.25, -0.2) is 0 Å². The quantitative estimate of drug-likeness (QED) is 0.240. The van der Waals surface area contributed by atoms with Crippen LogP contribution in [0.3, 0.4) is 0 Å². The molecule has 3 heterocycles. The minimum atomic E-state index is 0.956. The summed E-state index contributed by atoms with van der Waals surface area (Å²) in [4.78, 5) is 7.13. The minimum absolute atomic E-state index is 0.956. The van der Waals surface area contributed by atoms with E-state index in [2.05, 4.69) is 95.1 Å². The highest BCUT2D eigenvalue weighted by Gasteiger charge is 2.34. The van der Waals surface area contributed by atoms with Crippen molar-refractivity contribution in [2.45, 2.75) is 25.7 Å². The SMILES string of the molecule is c1ccc2c(c1)Cc1cc3c(cc1-2)Cc1cc2c(cc1-3)N1c3ccccc3Cc3cncc(c31)C2. The Morgan fingerprint density at radius 3 is 1.91 bits per heavy atom. The van der Waals surface area contributed by atoms with E-state index in [1.807, 2.05) is 0 Å². The smallest absolute Gasteiger partial charge is 0.0563 e. The maximum atomic E-state index is 4.61. The average Bonchev–Trinajstić information content (AvgIpc) is 3.42. The van der Waals surface area contributed by atoms with Gasteiger partial charge in [0.15, 0.2) is 0 Å². The number of anilines is 3. The fourth-order valence-electron chi connectivity index (χ4n) is 7.01. The molecule has 2 aliphatic heterocycles. The van der Waals surface area contributed by atoms with E-state index in [1.54, 1.807) is 0 Å². The summed E-state index contributed by atoms with van der Waals surface area (Å²) in [7, 11) is 0. The Hall–Kier alpha value is -4.17. The van der Waals surface area contributed by atoms with Crippen LogP contribution in [0.2, 0.25) is 0 Å². The molecule has 0 radical (unpaired) electrons. The van der Waals surface area contributed by atoms with Gasteiger partial charge in [-0.15, -0.1) is 0 Å². The predicted octanol–water partition coefficient (Wildman–Crippen LogP) is 7.50. The minimum Gasteiger partial charge on any atom is -0.309 e. The molecule has 0 saturated heterocycles. The number of nitrogens with zero attached hydrogens (tertiary/aromatic N) is 2. The number of benzene rings is 4. The van der Waals surface area contributed by atoms with Crippen LogP contribution < -0.4 is 4.90 Å². The van der Waals surface area contributed by atoms with Crippen LogP contribution in [0.4, 0.5) is 17.1 Å². The first-order valence-corrected chi connectivity index (χ1v) is 12.6. The molecule has 1 aromatic heterocycles. The number of hydrogen-bond acceptors (Lipinski definition) is 2. The number of para-hydroxylation sites is 1. The molecule has 35 heavy (non-hydrogen) atoms. The fraction of sp³-hybridized carbons (Fsp3) is 0.121. The van der Waals surface area contributed by atoms with Crippen LogP contribution in [0.1, 0.15) is 44.5 Å². The molecule has 2 nitrogen and oxygen atoms in total. The lowest BCUT2D eigenvalue weighted by Gasteiger charge is -2.39. The van der Waals surface area contributed by atoms with E-state index in [1.165, 1.54) is 83.8 Å². The maximum absolute atomic E-state index is 4.61. The van der Waals surface area contributed by atoms with Gasteiger partial charge in [-0.2, -0.15) is 0 Å². The van der Waals surface area contributed by atoms with Gasteiger partial charge in [0.1, 0.15) is 0 Å². The third-order valence-corrected chi connectivity index (χ3v) is 8.52. The summed E-state index contributed by atoms with van der Waals surface area (Å²) < 4.78 is 0. The molecular weight excluding hydrogens is 424 g/mol. The van der Waals surface area contributed by atoms with Crippen molar-refractivity contribution in [2.24, 2.45) is 0 Å². The summed E-state index contributed by atoms with van der Waals surface area (Å²) in [6.07, 6.45) is 8.12. The lowest BCUT2D eigenvalue weighted by molar-refractivity contribution is 0.984. The lowest BCUT2D eigenvalue weighted by Crippen LogP contribution is -2.25. The predicted molar refractivity (Wildman–Crippen MR) is 141 cm³/mol. The zero-order chi connectivity index (χ0) is 22.7. The first-order valence-electron chi connectivity index (χ1n) is 12.6. The van der Waals surface area contributed by atoms with Gasteiger partial charge in [0.25, 0.3) is 0 Å². The number of hydrogen-bond donors (Lipinski definition) is 0. The summed E-state index contributed by atoms with van der Waals surface area (Å²) in [5, 5.41) is 0. The zero-order valence-corrected chi connectivity index (χ0v) is 19.3. The van der Waals surface area contributed by atoms with Crippen molar-refractivity contribution >= 4 is 17.1 Å². The Bertz CT molecular complexity index is 1760. The van der Waals surface area contributed by atoms with Gasteiger partial charge in [-0.05, 0) is 104 Å². The standard InChI is InChI=1S/C33H22N2/c1-3-7-27-19(5-1)9-22-15-29-23(14-28(22)27)11-21-12-24-13-26-18-34-17-25-10-20-6-2-4-8-31(20)35(33(25)26)32(24)16-30(21)29/h1-8,12,14-18H,9-11,13H2. The third kappa shape index (κ3) is 2.32. The molecule has 164 valence electrons. The fourth-order valence-corrected chi connectivity index (χ4v) is 7.01. The van der Waals surface area contributed by atoms with Crippen molar-refractivity contribution < 1.29 is 0 Å². The van der Waals surface area contributed by atoms with E-state index in [4.69, 9.17) is 0 Å². The normalized spacial score (nSPS) is 14.9. The van der Waals surface area contributed by atoms with Gasteiger partial charge in [0.05, 0.1) is 11.4 Å². The molecule has 0 amide bonds. The monoisotopic (exact) mass is 446 g/mol. The van der Waals surface area contributed by atoms with E-state index in [0.717, 1.165) is 25.7 Å². The van der Waals surface area contributed by atoms with Gasteiger partial charge in [0.2, 0.25) is 0 Å². The molecule has 0 bridgehead atoms. The molecular formula is C33H22N2. The Morgan fingerprint density at radius 1 is 0.457 bits per heavy atom. The molecule has 2 heteroatoms. The number of rotatable bonds is 0. The molecule has 5 aromatic rings. The van der Waals surface area contributed by atoms with E-state index >= 15 is 0 Å². The highest BCUT2D eigenvalue weighted by atomic mass is 15.2. The van der Waals surface area contributed by atoms with Crippen LogP contribution in [-0.2, 0) is 25.7 Å². The van der Waals surface area contributed by atoms with Crippen molar-refractivity contribution in [3.8, 4) is 22.3 Å². The van der Waals surface area contributed by atoms with E-state index in [9.17, 15) is 0 Å². The molecule has 0 unspecified atom stereocenters. The Morgan fingerprint density at radius 2 is 1.06 bits per heavy atom. The highest BCUT2D eigenvalue weighted by molar-refractivity contribution is 5.93. The van der Waals surface area contributed by atoms with Crippen LogP contribution in [0.25, 0.3) is 22.3 Å². The summed E-state index contributed by atoms with van der Waals surface area (Å²) in [6, 6.07) is 27.7. The number of aromatic nitrogens is 1. The van der Waals surface area contributed by atoms with Gasteiger partial charge >= 0.3 is 0 Å². The summed E-state index contributed by atoms with van der Waals surface area (Å²) >= 11 is 0. The van der Waals surface area contributed by atoms with Crippen LogP contribution in [0.5, 0.6) is 0 Å². The Balaban J connectivity index is 1.25. The van der Waals surface area contributed by atoms with Crippen molar-refractivity contribution in [1.82, 2.24) is 4.98 Å². The molecule has 4 aromatic carbocycles. The van der Waals surface area contributed by atoms with Crippen molar-refractivity contribution in [1.29, 1.82) is 0 Å². The third-order valence-electron chi connectivity index (χ3n) is 8.52. The van der Waals surface area contributed by atoms with Crippen molar-refractivity contribution in [2.75, 3.05) is 4.90 Å². The van der Waals surface area contributed by atoms with Gasteiger partial charge in [0, 0.05) is 30.9 Å².